The topological polar surface area (TPSA) is 15.8 Å². The Morgan fingerprint density at radius 2 is 1.88 bits per heavy atom. The average Bonchev–Trinajstić information content (AvgIpc) is 2.69. The number of nitrogens with one attached hydrogen (secondary N) is 1. The van der Waals surface area contributed by atoms with Crippen LogP contribution in [-0.4, -0.2) is 4.98 Å². The summed E-state index contributed by atoms with van der Waals surface area (Å²) in [5, 5.41) is 3.10. The van der Waals surface area contributed by atoms with Crippen molar-refractivity contribution in [2.75, 3.05) is 0 Å². The fraction of sp³-hybridized carbons (Fsp3) is 0. The number of aromatic amines is 1. The van der Waals surface area contributed by atoms with Gasteiger partial charge in [0.2, 0.25) is 0 Å². The molecule has 0 aliphatic rings. The summed E-state index contributed by atoms with van der Waals surface area (Å²) < 4.78 is 0. The Morgan fingerprint density at radius 1 is 1.06 bits per heavy atom. The lowest BCUT2D eigenvalue weighted by molar-refractivity contribution is 1.54. The maximum absolute atomic E-state index is 6.31. The van der Waals surface area contributed by atoms with Gasteiger partial charge in [-0.05, 0) is 11.6 Å². The number of para-hydroxylation sites is 1. The van der Waals surface area contributed by atoms with Crippen LogP contribution in [0.15, 0.2) is 43.0 Å². The van der Waals surface area contributed by atoms with E-state index in [4.69, 9.17) is 11.6 Å². The van der Waals surface area contributed by atoms with E-state index >= 15 is 0 Å². The highest BCUT2D eigenvalue weighted by atomic mass is 35.5. The molecule has 1 nitrogen and oxygen atoms in total. The van der Waals surface area contributed by atoms with Crippen molar-refractivity contribution in [2.45, 2.75) is 0 Å². The number of benzene rings is 2. The zero-order valence-corrected chi connectivity index (χ0v) is 9.38. The zero-order chi connectivity index (χ0) is 11.1. The molecule has 0 atom stereocenters. The predicted octanol–water partition coefficient (Wildman–Crippen LogP) is 4.62. The highest BCUT2D eigenvalue weighted by molar-refractivity contribution is 6.37. The molecule has 0 fully saturated rings. The van der Waals surface area contributed by atoms with Gasteiger partial charge in [0.15, 0.2) is 0 Å². The number of rotatable bonds is 1. The summed E-state index contributed by atoms with van der Waals surface area (Å²) in [6, 6.07) is 12.3. The zero-order valence-electron chi connectivity index (χ0n) is 8.63. The SMILES string of the molecule is C=Cc1ccc2c([nH]c3ccccc32)c1Cl. The van der Waals surface area contributed by atoms with Crippen LogP contribution in [0.5, 0.6) is 0 Å². The molecule has 0 saturated heterocycles. The van der Waals surface area contributed by atoms with Crippen LogP contribution < -0.4 is 0 Å². The van der Waals surface area contributed by atoms with E-state index in [9.17, 15) is 0 Å². The standard InChI is InChI=1S/C14H10ClN/c1-2-9-7-8-11-10-5-3-4-6-12(10)16-14(11)13(9)15/h2-8,16H,1H2. The Labute approximate surface area is 98.3 Å². The molecule has 3 rings (SSSR count). The molecule has 0 bridgehead atoms. The number of hydrogen-bond acceptors (Lipinski definition) is 0. The molecule has 2 heteroatoms. The molecular formula is C14H10ClN. The maximum atomic E-state index is 6.31. The molecule has 0 saturated carbocycles. The van der Waals surface area contributed by atoms with Crippen molar-refractivity contribution in [1.29, 1.82) is 0 Å². The van der Waals surface area contributed by atoms with Crippen molar-refractivity contribution < 1.29 is 0 Å². The largest absolute Gasteiger partial charge is 0.353 e. The Bertz CT molecular complexity index is 694. The van der Waals surface area contributed by atoms with Gasteiger partial charge in [-0.2, -0.15) is 0 Å². The fourth-order valence-electron chi connectivity index (χ4n) is 2.06. The van der Waals surface area contributed by atoms with Gasteiger partial charge in [-0.3, -0.25) is 0 Å². The van der Waals surface area contributed by atoms with Crippen molar-refractivity contribution in [3.8, 4) is 0 Å². The van der Waals surface area contributed by atoms with Gasteiger partial charge in [-0.15, -0.1) is 0 Å². The lowest BCUT2D eigenvalue weighted by Crippen LogP contribution is -1.76. The molecule has 0 unspecified atom stereocenters. The molecule has 78 valence electrons. The summed E-state index contributed by atoms with van der Waals surface area (Å²) in [5.74, 6) is 0. The molecule has 16 heavy (non-hydrogen) atoms. The molecule has 1 aromatic heterocycles. The van der Waals surface area contributed by atoms with Crippen LogP contribution in [0, 0.1) is 0 Å². The first-order chi connectivity index (χ1) is 7.81. The molecule has 0 amide bonds. The lowest BCUT2D eigenvalue weighted by Gasteiger charge is -1.99. The molecule has 3 aromatic rings. The quantitative estimate of drug-likeness (QED) is 0.625. The number of fused-ring (bicyclic) bond motifs is 3. The summed E-state index contributed by atoms with van der Waals surface area (Å²) in [6.45, 7) is 3.75. The van der Waals surface area contributed by atoms with E-state index in [-0.39, 0.29) is 0 Å². The molecule has 0 spiro atoms. The van der Waals surface area contributed by atoms with Crippen molar-refractivity contribution in [3.63, 3.8) is 0 Å². The minimum atomic E-state index is 0.740. The van der Waals surface area contributed by atoms with Crippen LogP contribution in [-0.2, 0) is 0 Å². The summed E-state index contributed by atoms with van der Waals surface area (Å²) in [7, 11) is 0. The Morgan fingerprint density at radius 3 is 2.69 bits per heavy atom. The van der Waals surface area contributed by atoms with Gasteiger partial charge in [0, 0.05) is 16.3 Å². The van der Waals surface area contributed by atoms with Crippen LogP contribution in [0.3, 0.4) is 0 Å². The smallest absolute Gasteiger partial charge is 0.0719 e. The average molecular weight is 228 g/mol. The minimum Gasteiger partial charge on any atom is -0.353 e. The van der Waals surface area contributed by atoms with Crippen molar-refractivity contribution in [2.24, 2.45) is 0 Å². The number of H-pyrrole nitrogens is 1. The first kappa shape index (κ1) is 9.49. The molecule has 1 heterocycles. The van der Waals surface area contributed by atoms with E-state index in [0.29, 0.717) is 0 Å². The van der Waals surface area contributed by atoms with Crippen LogP contribution in [0.25, 0.3) is 27.9 Å². The first-order valence-electron chi connectivity index (χ1n) is 5.12. The van der Waals surface area contributed by atoms with Crippen molar-refractivity contribution in [3.05, 3.63) is 53.6 Å². The van der Waals surface area contributed by atoms with E-state index in [1.807, 2.05) is 18.2 Å². The Hall–Kier alpha value is -1.73. The lowest BCUT2D eigenvalue weighted by atomic mass is 10.1. The molecule has 0 aliphatic carbocycles. The monoisotopic (exact) mass is 227 g/mol. The second-order valence-corrected chi connectivity index (χ2v) is 4.14. The van der Waals surface area contributed by atoms with Crippen LogP contribution in [0.1, 0.15) is 5.56 Å². The second kappa shape index (κ2) is 3.39. The molecular weight excluding hydrogens is 218 g/mol. The minimum absolute atomic E-state index is 0.740. The van der Waals surface area contributed by atoms with E-state index < -0.39 is 0 Å². The van der Waals surface area contributed by atoms with Gasteiger partial charge in [0.1, 0.15) is 0 Å². The van der Waals surface area contributed by atoms with Crippen LogP contribution in [0.4, 0.5) is 0 Å². The molecule has 0 aliphatic heterocycles. The summed E-state index contributed by atoms with van der Waals surface area (Å²) in [4.78, 5) is 3.34. The second-order valence-electron chi connectivity index (χ2n) is 3.77. The van der Waals surface area contributed by atoms with E-state index in [0.717, 1.165) is 27.0 Å². The normalized spacial score (nSPS) is 11.1. The van der Waals surface area contributed by atoms with Gasteiger partial charge >= 0.3 is 0 Å². The maximum Gasteiger partial charge on any atom is 0.0719 e. The Kier molecular flexibility index (Phi) is 2.01. The van der Waals surface area contributed by atoms with Crippen LogP contribution in [0.2, 0.25) is 5.02 Å². The number of hydrogen-bond donors (Lipinski definition) is 1. The first-order valence-corrected chi connectivity index (χ1v) is 5.50. The highest BCUT2D eigenvalue weighted by Gasteiger charge is 2.08. The Balaban J connectivity index is 2.54. The molecule has 0 radical (unpaired) electrons. The van der Waals surface area contributed by atoms with Crippen molar-refractivity contribution in [1.82, 2.24) is 4.98 Å². The third-order valence-corrected chi connectivity index (χ3v) is 3.28. The third kappa shape index (κ3) is 1.18. The van der Waals surface area contributed by atoms with Crippen LogP contribution >= 0.6 is 11.6 Å². The van der Waals surface area contributed by atoms with E-state index in [2.05, 4.69) is 29.8 Å². The van der Waals surface area contributed by atoms with Gasteiger partial charge in [0.25, 0.3) is 0 Å². The van der Waals surface area contributed by atoms with Gasteiger partial charge in [-0.1, -0.05) is 54.6 Å². The van der Waals surface area contributed by atoms with Gasteiger partial charge in [0.05, 0.1) is 10.5 Å². The number of aromatic nitrogens is 1. The van der Waals surface area contributed by atoms with E-state index in [1.54, 1.807) is 6.08 Å². The molecule has 1 N–H and O–H groups in total. The van der Waals surface area contributed by atoms with E-state index in [1.165, 1.54) is 5.39 Å². The highest BCUT2D eigenvalue weighted by Crippen LogP contribution is 2.32. The summed E-state index contributed by atoms with van der Waals surface area (Å²) >= 11 is 6.31. The molecule has 2 aromatic carbocycles. The fourth-order valence-corrected chi connectivity index (χ4v) is 2.35. The van der Waals surface area contributed by atoms with Gasteiger partial charge < -0.3 is 4.98 Å². The van der Waals surface area contributed by atoms with Crippen molar-refractivity contribution >= 4 is 39.5 Å². The van der Waals surface area contributed by atoms with Gasteiger partial charge in [-0.25, -0.2) is 0 Å². The number of halogens is 1. The third-order valence-electron chi connectivity index (χ3n) is 2.87. The summed E-state index contributed by atoms with van der Waals surface area (Å²) in [5.41, 5.74) is 3.06. The summed E-state index contributed by atoms with van der Waals surface area (Å²) in [6.07, 6.45) is 1.77. The predicted molar refractivity (Wildman–Crippen MR) is 70.9 cm³/mol.